The van der Waals surface area contributed by atoms with Crippen molar-refractivity contribution in [2.45, 2.75) is 64.4 Å². The van der Waals surface area contributed by atoms with E-state index in [9.17, 15) is 0 Å². The molecule has 2 nitrogen and oxygen atoms in total. The summed E-state index contributed by atoms with van der Waals surface area (Å²) in [6.07, 6.45) is 11.5. The van der Waals surface area contributed by atoms with Gasteiger partial charge in [0.25, 0.3) is 0 Å². The quantitative estimate of drug-likeness (QED) is 0.645. The Morgan fingerprint density at radius 2 is 1.91 bits per heavy atom. The first-order valence-electron chi connectivity index (χ1n) is 8.55. The molecule has 1 aromatic rings. The van der Waals surface area contributed by atoms with Crippen LogP contribution in [0, 0.1) is 17.2 Å². The van der Waals surface area contributed by atoms with Crippen molar-refractivity contribution in [1.29, 1.82) is 5.26 Å². The van der Waals surface area contributed by atoms with E-state index in [0.717, 1.165) is 12.0 Å². The number of hydrogen-bond acceptors (Lipinski definition) is 2. The van der Waals surface area contributed by atoms with E-state index < -0.39 is 0 Å². The second-order valence-corrected chi connectivity index (χ2v) is 6.35. The summed E-state index contributed by atoms with van der Waals surface area (Å²) in [5.41, 5.74) is 2.13. The predicted molar refractivity (Wildman–Crippen MR) is 90.5 cm³/mol. The van der Waals surface area contributed by atoms with Gasteiger partial charge in [-0.3, -0.25) is 0 Å². The second-order valence-electron chi connectivity index (χ2n) is 6.35. The van der Waals surface area contributed by atoms with Crippen LogP contribution >= 0.6 is 0 Å². The van der Waals surface area contributed by atoms with Gasteiger partial charge in [0.15, 0.2) is 0 Å². The third-order valence-corrected chi connectivity index (χ3v) is 4.79. The molecule has 0 aliphatic heterocycles. The average molecular weight is 297 g/mol. The van der Waals surface area contributed by atoms with Gasteiger partial charge < -0.3 is 4.74 Å². The highest BCUT2D eigenvalue weighted by Gasteiger charge is 2.26. The number of allylic oxidation sites excluding steroid dienone is 1. The molecule has 1 aliphatic rings. The Hall–Kier alpha value is -1.75. The van der Waals surface area contributed by atoms with Crippen molar-refractivity contribution < 1.29 is 4.74 Å². The Kier molecular flexibility index (Phi) is 6.52. The molecular weight excluding hydrogens is 270 g/mol. The molecule has 118 valence electrons. The van der Waals surface area contributed by atoms with Crippen LogP contribution in [-0.4, -0.2) is 6.10 Å². The van der Waals surface area contributed by atoms with Crippen LogP contribution in [0.4, 0.5) is 0 Å². The van der Waals surface area contributed by atoms with Gasteiger partial charge in [-0.1, -0.05) is 25.5 Å². The first kappa shape index (κ1) is 16.6. The zero-order valence-corrected chi connectivity index (χ0v) is 13.8. The Morgan fingerprint density at radius 1 is 1.23 bits per heavy atom. The molecule has 0 bridgehead atoms. The maximum absolute atomic E-state index is 8.87. The normalized spacial score (nSPS) is 23.1. The third-order valence-electron chi connectivity index (χ3n) is 4.79. The molecule has 22 heavy (non-hydrogen) atoms. The highest BCUT2D eigenvalue weighted by atomic mass is 16.5. The lowest BCUT2D eigenvalue weighted by atomic mass is 9.77. The molecule has 0 N–H and O–H groups in total. The van der Waals surface area contributed by atoms with Gasteiger partial charge in [0.1, 0.15) is 0 Å². The van der Waals surface area contributed by atoms with Crippen LogP contribution in [0.3, 0.4) is 0 Å². The number of unbranched alkanes of at least 4 members (excludes halogenated alkanes) is 1. The van der Waals surface area contributed by atoms with E-state index in [1.54, 1.807) is 0 Å². The van der Waals surface area contributed by atoms with Gasteiger partial charge in [-0.15, -0.1) is 0 Å². The molecule has 0 radical (unpaired) electrons. The molecule has 0 spiro atoms. The largest absolute Gasteiger partial charge is 0.498 e. The van der Waals surface area contributed by atoms with Crippen LogP contribution in [0.1, 0.15) is 69.4 Å². The summed E-state index contributed by atoms with van der Waals surface area (Å²) < 4.78 is 5.84. The van der Waals surface area contributed by atoms with E-state index in [1.807, 2.05) is 18.4 Å². The van der Waals surface area contributed by atoms with Crippen LogP contribution in [0.15, 0.2) is 36.6 Å². The predicted octanol–water partition coefficient (Wildman–Crippen LogP) is 5.55. The maximum Gasteiger partial charge on any atom is 0.0991 e. The molecule has 1 unspecified atom stereocenters. The first-order chi connectivity index (χ1) is 10.7. The fourth-order valence-corrected chi connectivity index (χ4v) is 3.28. The van der Waals surface area contributed by atoms with Gasteiger partial charge >= 0.3 is 0 Å². The van der Waals surface area contributed by atoms with Crippen molar-refractivity contribution in [2.24, 2.45) is 5.92 Å². The average Bonchev–Trinajstić information content (AvgIpc) is 2.59. The topological polar surface area (TPSA) is 33.0 Å². The van der Waals surface area contributed by atoms with E-state index in [1.165, 1.54) is 37.7 Å². The molecular formula is C20H27NO. The fraction of sp³-hybridized carbons (Fsp3) is 0.550. The van der Waals surface area contributed by atoms with Gasteiger partial charge in [-0.2, -0.15) is 5.26 Å². The molecule has 1 aromatic carbocycles. The number of nitrogens with zero attached hydrogens (tertiary/aromatic N) is 1. The van der Waals surface area contributed by atoms with Gasteiger partial charge in [0, 0.05) is 0 Å². The Balaban J connectivity index is 1.80. The molecule has 1 aliphatic carbocycles. The Labute approximate surface area is 134 Å². The molecule has 1 fully saturated rings. The van der Waals surface area contributed by atoms with Gasteiger partial charge in [0.05, 0.1) is 24.0 Å². The minimum absolute atomic E-state index is 0.315. The fourth-order valence-electron chi connectivity index (χ4n) is 3.28. The second kappa shape index (κ2) is 8.63. The zero-order chi connectivity index (χ0) is 15.8. The summed E-state index contributed by atoms with van der Waals surface area (Å²) in [5.74, 6) is 1.31. The molecule has 1 atom stereocenters. The Morgan fingerprint density at radius 3 is 2.50 bits per heavy atom. The zero-order valence-electron chi connectivity index (χ0n) is 13.8. The van der Waals surface area contributed by atoms with Crippen LogP contribution < -0.4 is 0 Å². The molecule has 2 rings (SSSR count). The lowest BCUT2D eigenvalue weighted by molar-refractivity contribution is 0.0775. The summed E-state index contributed by atoms with van der Waals surface area (Å²) in [6, 6.07) is 10.3. The number of rotatable bonds is 6. The summed E-state index contributed by atoms with van der Waals surface area (Å²) in [6.45, 7) is 4.38. The molecule has 0 amide bonds. The van der Waals surface area contributed by atoms with E-state index in [2.05, 4.69) is 38.1 Å². The standard InChI is InChI=1S/C20H27NO/c1-3-4-5-14-22-16(2)18-10-12-20(13-11-18)19-8-6-17(15-21)7-9-19/h5-9,14,16,18,20H,3-4,10-13H2,1-2H3. The van der Waals surface area contributed by atoms with Crippen LogP contribution in [0.2, 0.25) is 0 Å². The number of benzene rings is 1. The van der Waals surface area contributed by atoms with Crippen molar-refractivity contribution in [2.75, 3.05) is 0 Å². The van der Waals surface area contributed by atoms with Gasteiger partial charge in [-0.25, -0.2) is 0 Å². The lowest BCUT2D eigenvalue weighted by Crippen LogP contribution is -2.24. The highest BCUT2D eigenvalue weighted by molar-refractivity contribution is 5.33. The van der Waals surface area contributed by atoms with E-state index in [0.29, 0.717) is 17.9 Å². The number of nitriles is 1. The summed E-state index contributed by atoms with van der Waals surface area (Å²) in [4.78, 5) is 0. The molecule has 0 saturated heterocycles. The minimum atomic E-state index is 0.315. The molecule has 1 saturated carbocycles. The molecule has 0 aromatic heterocycles. The monoisotopic (exact) mass is 297 g/mol. The number of hydrogen-bond donors (Lipinski definition) is 0. The van der Waals surface area contributed by atoms with Crippen molar-refractivity contribution in [3.8, 4) is 6.07 Å². The SMILES string of the molecule is CCCC=COC(C)C1CCC(c2ccc(C#N)cc2)CC1. The van der Waals surface area contributed by atoms with Gasteiger partial charge in [0.2, 0.25) is 0 Å². The van der Waals surface area contributed by atoms with Crippen LogP contribution in [-0.2, 0) is 4.74 Å². The van der Waals surface area contributed by atoms with Crippen molar-refractivity contribution in [1.82, 2.24) is 0 Å². The summed E-state index contributed by atoms with van der Waals surface area (Å²) in [7, 11) is 0. The highest BCUT2D eigenvalue weighted by Crippen LogP contribution is 2.37. The summed E-state index contributed by atoms with van der Waals surface area (Å²) >= 11 is 0. The third kappa shape index (κ3) is 4.63. The van der Waals surface area contributed by atoms with Crippen molar-refractivity contribution in [3.63, 3.8) is 0 Å². The summed E-state index contributed by atoms with van der Waals surface area (Å²) in [5, 5.41) is 8.87. The Bertz CT molecular complexity index is 504. The van der Waals surface area contributed by atoms with Crippen molar-refractivity contribution in [3.05, 3.63) is 47.7 Å². The van der Waals surface area contributed by atoms with Crippen LogP contribution in [0.5, 0.6) is 0 Å². The van der Waals surface area contributed by atoms with Gasteiger partial charge in [-0.05, 0) is 74.6 Å². The lowest BCUT2D eigenvalue weighted by Gasteiger charge is -2.32. The van der Waals surface area contributed by atoms with E-state index >= 15 is 0 Å². The first-order valence-corrected chi connectivity index (χ1v) is 8.55. The number of ether oxygens (including phenoxy) is 1. The maximum atomic E-state index is 8.87. The van der Waals surface area contributed by atoms with Crippen LogP contribution in [0.25, 0.3) is 0 Å². The van der Waals surface area contributed by atoms with E-state index in [-0.39, 0.29) is 0 Å². The minimum Gasteiger partial charge on any atom is -0.498 e. The van der Waals surface area contributed by atoms with E-state index in [4.69, 9.17) is 10.00 Å². The molecule has 2 heteroatoms. The molecule has 0 heterocycles. The smallest absolute Gasteiger partial charge is 0.0991 e. The van der Waals surface area contributed by atoms with Crippen molar-refractivity contribution >= 4 is 0 Å².